The maximum absolute atomic E-state index is 13.7. The van der Waals surface area contributed by atoms with Crippen LogP contribution in [0.2, 0.25) is 0 Å². The Kier molecular flexibility index (Phi) is 4.37. The first kappa shape index (κ1) is 18.6. The van der Waals surface area contributed by atoms with Crippen LogP contribution in [-0.4, -0.2) is 34.2 Å². The summed E-state index contributed by atoms with van der Waals surface area (Å²) in [7, 11) is 0. The molecule has 1 N–H and O–H groups in total. The van der Waals surface area contributed by atoms with Gasteiger partial charge in [0.05, 0.1) is 10.3 Å². The van der Waals surface area contributed by atoms with E-state index < -0.39 is 11.0 Å². The van der Waals surface area contributed by atoms with Crippen molar-refractivity contribution in [3.05, 3.63) is 34.4 Å². The highest BCUT2D eigenvalue weighted by Gasteiger charge is 2.56. The summed E-state index contributed by atoms with van der Waals surface area (Å²) < 4.78 is 0. The lowest BCUT2D eigenvalue weighted by atomic mass is 9.49. The summed E-state index contributed by atoms with van der Waals surface area (Å²) in [4.78, 5) is 39.0. The Morgan fingerprint density at radius 2 is 1.76 bits per heavy atom. The third-order valence-corrected chi connectivity index (χ3v) is 7.63. The number of amides is 2. The van der Waals surface area contributed by atoms with Crippen molar-refractivity contribution in [3.8, 4) is 0 Å². The largest absolute Gasteiger partial charge is 0.330 e. The summed E-state index contributed by atoms with van der Waals surface area (Å²) in [5, 5.41) is 13.8. The monoisotopic (exact) mass is 397 g/mol. The molecule has 0 aromatic heterocycles. The number of nitro groups is 1. The number of rotatable bonds is 4. The topological polar surface area (TPSA) is 92.5 Å². The first-order valence-electron chi connectivity index (χ1n) is 10.8. The van der Waals surface area contributed by atoms with Crippen molar-refractivity contribution in [2.75, 3.05) is 11.9 Å². The second-order valence-corrected chi connectivity index (χ2v) is 9.65. The van der Waals surface area contributed by atoms with E-state index in [1.54, 1.807) is 12.1 Å². The molecule has 4 saturated carbocycles. The number of carbonyl (C=O) groups is 2. The number of nitrogens with one attached hydrogen (secondary N) is 1. The van der Waals surface area contributed by atoms with Crippen molar-refractivity contribution in [2.24, 2.45) is 23.2 Å². The Morgan fingerprint density at radius 3 is 2.38 bits per heavy atom. The van der Waals surface area contributed by atoms with Gasteiger partial charge in [0.15, 0.2) is 0 Å². The van der Waals surface area contributed by atoms with Crippen molar-refractivity contribution in [2.45, 2.75) is 57.4 Å². The number of hydrogen-bond donors (Lipinski definition) is 1. The van der Waals surface area contributed by atoms with Crippen LogP contribution in [0.15, 0.2) is 24.3 Å². The van der Waals surface area contributed by atoms with Crippen molar-refractivity contribution in [3.63, 3.8) is 0 Å². The minimum Gasteiger partial charge on any atom is -0.330 e. The molecule has 4 bridgehead atoms. The molecule has 29 heavy (non-hydrogen) atoms. The molecule has 1 saturated heterocycles. The molecule has 2 amide bonds. The molecule has 0 radical (unpaired) electrons. The Hall–Kier alpha value is -2.44. The summed E-state index contributed by atoms with van der Waals surface area (Å²) in [6, 6.07) is 5.48. The second kappa shape index (κ2) is 6.82. The summed E-state index contributed by atoms with van der Waals surface area (Å²) in [5.74, 6) is 2.01. The van der Waals surface area contributed by atoms with Gasteiger partial charge in [-0.05, 0) is 75.2 Å². The van der Waals surface area contributed by atoms with Crippen molar-refractivity contribution in [1.82, 2.24) is 4.90 Å². The van der Waals surface area contributed by atoms with Gasteiger partial charge in [0.1, 0.15) is 6.04 Å². The maximum atomic E-state index is 13.7. The van der Waals surface area contributed by atoms with E-state index in [-0.39, 0.29) is 22.9 Å². The number of non-ortho nitro benzene ring substituents is 1. The van der Waals surface area contributed by atoms with E-state index in [1.807, 2.05) is 4.90 Å². The van der Waals surface area contributed by atoms with Gasteiger partial charge in [-0.2, -0.15) is 0 Å². The maximum Gasteiger partial charge on any atom is 0.271 e. The number of carbonyl (C=O) groups excluding carboxylic acids is 2. The number of nitro benzene ring substituents is 1. The van der Waals surface area contributed by atoms with Gasteiger partial charge < -0.3 is 10.2 Å². The molecular formula is C22H27N3O4. The van der Waals surface area contributed by atoms with Crippen LogP contribution in [0.3, 0.4) is 0 Å². The summed E-state index contributed by atoms with van der Waals surface area (Å²) in [5.41, 5.74) is 0.0948. The molecule has 1 unspecified atom stereocenters. The first-order chi connectivity index (χ1) is 13.9. The number of hydrogen-bond acceptors (Lipinski definition) is 4. The first-order valence-corrected chi connectivity index (χ1v) is 10.8. The highest BCUT2D eigenvalue weighted by Crippen LogP contribution is 2.60. The van der Waals surface area contributed by atoms with E-state index >= 15 is 0 Å². The van der Waals surface area contributed by atoms with Gasteiger partial charge in [-0.15, -0.1) is 0 Å². The molecule has 1 aliphatic heterocycles. The van der Waals surface area contributed by atoms with E-state index in [0.29, 0.717) is 36.4 Å². The molecule has 5 aliphatic rings. The third kappa shape index (κ3) is 3.20. The lowest BCUT2D eigenvalue weighted by molar-refractivity contribution is -0.384. The smallest absolute Gasteiger partial charge is 0.271 e. The van der Waals surface area contributed by atoms with Gasteiger partial charge in [0.25, 0.3) is 5.69 Å². The molecular weight excluding hydrogens is 370 g/mol. The van der Waals surface area contributed by atoms with Crippen LogP contribution in [0, 0.1) is 33.3 Å². The average molecular weight is 397 g/mol. The predicted molar refractivity (Wildman–Crippen MR) is 107 cm³/mol. The Balaban J connectivity index is 1.32. The fraction of sp³-hybridized carbons (Fsp3) is 0.636. The summed E-state index contributed by atoms with van der Waals surface area (Å²) in [6.07, 6.45) is 8.30. The van der Waals surface area contributed by atoms with Gasteiger partial charge in [-0.25, -0.2) is 0 Å². The zero-order chi connectivity index (χ0) is 20.2. The van der Waals surface area contributed by atoms with Crippen LogP contribution < -0.4 is 5.32 Å². The highest BCUT2D eigenvalue weighted by atomic mass is 16.6. The van der Waals surface area contributed by atoms with Crippen molar-refractivity contribution < 1.29 is 14.5 Å². The highest BCUT2D eigenvalue weighted by molar-refractivity contribution is 5.98. The SMILES string of the molecule is O=C(Nc1cccc([N+](=O)[O-])c1)C1CCCN1C(=O)C12CC3CC(CC(C3)C1)C2. The van der Waals surface area contributed by atoms with E-state index in [4.69, 9.17) is 0 Å². The standard InChI is InChI=1S/C22H27N3O4/c26-20(23-17-3-1-4-18(10-17)25(28)29)19-5-2-6-24(19)21(27)22-11-14-7-15(12-22)9-16(8-14)13-22/h1,3-4,10,14-16,19H,2,5-9,11-13H2,(H,23,26). The molecule has 154 valence electrons. The van der Waals surface area contributed by atoms with E-state index in [1.165, 1.54) is 31.4 Å². The molecule has 5 fully saturated rings. The quantitative estimate of drug-likeness (QED) is 0.619. The van der Waals surface area contributed by atoms with Crippen molar-refractivity contribution >= 4 is 23.2 Å². The molecule has 7 nitrogen and oxygen atoms in total. The van der Waals surface area contributed by atoms with Crippen LogP contribution >= 0.6 is 0 Å². The van der Waals surface area contributed by atoms with Crippen LogP contribution in [0.25, 0.3) is 0 Å². The fourth-order valence-electron chi connectivity index (χ4n) is 6.88. The third-order valence-electron chi connectivity index (χ3n) is 7.63. The van der Waals surface area contributed by atoms with Crippen LogP contribution in [-0.2, 0) is 9.59 Å². The zero-order valence-corrected chi connectivity index (χ0v) is 16.5. The molecule has 1 heterocycles. The summed E-state index contributed by atoms with van der Waals surface area (Å²) in [6.45, 7) is 0.633. The average Bonchev–Trinajstić information content (AvgIpc) is 3.16. The Bertz CT molecular complexity index is 832. The lowest BCUT2D eigenvalue weighted by Gasteiger charge is -2.56. The van der Waals surface area contributed by atoms with E-state index in [0.717, 1.165) is 25.7 Å². The molecule has 6 rings (SSSR count). The van der Waals surface area contributed by atoms with Crippen molar-refractivity contribution in [1.29, 1.82) is 0 Å². The minimum atomic E-state index is -0.478. The zero-order valence-electron chi connectivity index (χ0n) is 16.5. The Labute approximate surface area is 170 Å². The molecule has 0 spiro atoms. The number of nitrogens with zero attached hydrogens (tertiary/aromatic N) is 2. The van der Waals surface area contributed by atoms with Gasteiger partial charge in [0.2, 0.25) is 11.8 Å². The van der Waals surface area contributed by atoms with Crippen LogP contribution in [0.5, 0.6) is 0 Å². The normalized spacial score (nSPS) is 35.0. The second-order valence-electron chi connectivity index (χ2n) is 9.65. The van der Waals surface area contributed by atoms with Crippen LogP contribution in [0.1, 0.15) is 51.4 Å². The molecule has 4 aliphatic carbocycles. The van der Waals surface area contributed by atoms with Gasteiger partial charge in [0, 0.05) is 24.4 Å². The molecule has 7 heteroatoms. The summed E-state index contributed by atoms with van der Waals surface area (Å²) >= 11 is 0. The fourth-order valence-corrected chi connectivity index (χ4v) is 6.88. The van der Waals surface area contributed by atoms with Gasteiger partial charge in [-0.3, -0.25) is 19.7 Å². The Morgan fingerprint density at radius 1 is 1.10 bits per heavy atom. The van der Waals surface area contributed by atoms with Gasteiger partial charge in [-0.1, -0.05) is 6.07 Å². The number of likely N-dealkylation sites (tertiary alicyclic amines) is 1. The number of benzene rings is 1. The minimum absolute atomic E-state index is 0.0595. The molecule has 1 aromatic carbocycles. The number of anilines is 1. The lowest BCUT2D eigenvalue weighted by Crippen LogP contribution is -2.56. The van der Waals surface area contributed by atoms with E-state index in [2.05, 4.69) is 5.32 Å². The predicted octanol–water partition coefficient (Wildman–Crippen LogP) is 3.74. The van der Waals surface area contributed by atoms with Crippen LogP contribution in [0.4, 0.5) is 11.4 Å². The molecule has 1 aromatic rings. The molecule has 1 atom stereocenters. The van der Waals surface area contributed by atoms with E-state index in [9.17, 15) is 19.7 Å². The van der Waals surface area contributed by atoms with Gasteiger partial charge >= 0.3 is 0 Å².